The summed E-state index contributed by atoms with van der Waals surface area (Å²) in [6.07, 6.45) is 1.07. The van der Waals surface area contributed by atoms with Gasteiger partial charge in [-0.15, -0.1) is 0 Å². The summed E-state index contributed by atoms with van der Waals surface area (Å²) >= 11 is 0. The number of aromatic nitrogens is 1. The molecule has 0 bridgehead atoms. The Balaban J connectivity index is 2.52. The first-order valence-electron chi connectivity index (χ1n) is 5.70. The van der Waals surface area contributed by atoms with E-state index in [0.29, 0.717) is 5.69 Å². The van der Waals surface area contributed by atoms with E-state index in [4.69, 9.17) is 9.84 Å². The summed E-state index contributed by atoms with van der Waals surface area (Å²) in [5.41, 5.74) is -0.296. The van der Waals surface area contributed by atoms with Crippen molar-refractivity contribution in [1.82, 2.24) is 4.98 Å². The highest BCUT2D eigenvalue weighted by Gasteiger charge is 2.20. The second kappa shape index (κ2) is 5.53. The minimum Gasteiger partial charge on any atom is -0.477 e. The van der Waals surface area contributed by atoms with E-state index >= 15 is 0 Å². The third-order valence-electron chi connectivity index (χ3n) is 2.57. The highest BCUT2D eigenvalue weighted by atomic mass is 19.1. The van der Waals surface area contributed by atoms with Crippen molar-refractivity contribution in [2.45, 2.75) is 6.92 Å². The van der Waals surface area contributed by atoms with Crippen LogP contribution < -0.4 is 4.74 Å². The number of aryl methyl sites for hydroxylation is 1. The third kappa shape index (κ3) is 3.11. The highest BCUT2D eigenvalue weighted by Crippen LogP contribution is 2.33. The maximum Gasteiger partial charge on any atom is 0.341 e. The molecule has 0 radical (unpaired) electrons. The van der Waals surface area contributed by atoms with E-state index < -0.39 is 22.4 Å². The Morgan fingerprint density at radius 1 is 1.38 bits per heavy atom. The number of aromatic carboxylic acids is 1. The van der Waals surface area contributed by atoms with Gasteiger partial charge in [-0.2, -0.15) is 0 Å². The minimum atomic E-state index is -1.31. The molecule has 0 fully saturated rings. The van der Waals surface area contributed by atoms with Gasteiger partial charge in [-0.05, 0) is 13.0 Å². The largest absolute Gasteiger partial charge is 0.477 e. The zero-order chi connectivity index (χ0) is 15.6. The molecule has 1 aromatic heterocycles. The van der Waals surface area contributed by atoms with Crippen LogP contribution in [0.4, 0.5) is 10.1 Å². The van der Waals surface area contributed by atoms with Gasteiger partial charge in [-0.25, -0.2) is 9.18 Å². The van der Waals surface area contributed by atoms with Crippen LogP contribution in [0.5, 0.6) is 11.5 Å². The molecule has 0 spiro atoms. The van der Waals surface area contributed by atoms with Crippen molar-refractivity contribution in [1.29, 1.82) is 0 Å². The molecule has 0 aliphatic rings. The van der Waals surface area contributed by atoms with Crippen molar-refractivity contribution in [3.63, 3.8) is 0 Å². The van der Waals surface area contributed by atoms with Gasteiger partial charge in [-0.3, -0.25) is 15.1 Å². The number of nitrogens with zero attached hydrogens (tertiary/aromatic N) is 2. The number of hydrogen-bond acceptors (Lipinski definition) is 5. The molecule has 1 aromatic carbocycles. The van der Waals surface area contributed by atoms with Crippen LogP contribution in [-0.2, 0) is 0 Å². The molecule has 1 N–H and O–H groups in total. The molecule has 7 nitrogen and oxygen atoms in total. The summed E-state index contributed by atoms with van der Waals surface area (Å²) in [5.74, 6) is -2.58. The second-order valence-corrected chi connectivity index (χ2v) is 4.10. The molecule has 0 saturated carbocycles. The van der Waals surface area contributed by atoms with Crippen molar-refractivity contribution in [2.75, 3.05) is 0 Å². The molecule has 0 unspecified atom stereocenters. The molecule has 2 aromatic rings. The lowest BCUT2D eigenvalue weighted by atomic mass is 10.2. The molecule has 8 heteroatoms. The van der Waals surface area contributed by atoms with Gasteiger partial charge >= 0.3 is 11.7 Å². The maximum absolute atomic E-state index is 13.2. The molecule has 21 heavy (non-hydrogen) atoms. The average molecular weight is 292 g/mol. The monoisotopic (exact) mass is 292 g/mol. The minimum absolute atomic E-state index is 0.149. The molecular weight excluding hydrogens is 283 g/mol. The Labute approximate surface area is 117 Å². The first-order chi connectivity index (χ1) is 9.88. The molecule has 0 saturated heterocycles. The Morgan fingerprint density at radius 2 is 2.10 bits per heavy atom. The molecule has 108 valence electrons. The van der Waals surface area contributed by atoms with Gasteiger partial charge in [-0.1, -0.05) is 0 Å². The standard InChI is InChI=1S/C13H9FN2O5/c1-7-4-11(9(6-15-7)13(17)18)21-12-5-8(14)2-3-10(12)16(19)20/h2-6H,1H3,(H,17,18). The fraction of sp³-hybridized carbons (Fsp3) is 0.0769. The number of nitro groups is 1. The summed E-state index contributed by atoms with van der Waals surface area (Å²) in [6, 6.07) is 3.98. The van der Waals surface area contributed by atoms with E-state index in [1.165, 1.54) is 6.07 Å². The smallest absolute Gasteiger partial charge is 0.341 e. The van der Waals surface area contributed by atoms with Crippen LogP contribution in [0.1, 0.15) is 16.1 Å². The zero-order valence-electron chi connectivity index (χ0n) is 10.7. The van der Waals surface area contributed by atoms with E-state index in [0.717, 1.165) is 24.4 Å². The van der Waals surface area contributed by atoms with Crippen LogP contribution >= 0.6 is 0 Å². The van der Waals surface area contributed by atoms with Crippen LogP contribution in [0.25, 0.3) is 0 Å². The van der Waals surface area contributed by atoms with Gasteiger partial charge in [0.15, 0.2) is 0 Å². The molecular formula is C13H9FN2O5. The molecule has 0 aliphatic carbocycles. The van der Waals surface area contributed by atoms with Gasteiger partial charge in [0.1, 0.15) is 17.1 Å². The second-order valence-electron chi connectivity index (χ2n) is 4.10. The van der Waals surface area contributed by atoms with Crippen molar-refractivity contribution >= 4 is 11.7 Å². The average Bonchev–Trinajstić information content (AvgIpc) is 2.38. The van der Waals surface area contributed by atoms with E-state index in [9.17, 15) is 19.3 Å². The van der Waals surface area contributed by atoms with Crippen LogP contribution in [0.2, 0.25) is 0 Å². The number of ether oxygens (including phenoxy) is 1. The lowest BCUT2D eigenvalue weighted by molar-refractivity contribution is -0.385. The number of carboxylic acids is 1. The summed E-state index contributed by atoms with van der Waals surface area (Å²) in [6.45, 7) is 1.60. The quantitative estimate of drug-likeness (QED) is 0.686. The summed E-state index contributed by atoms with van der Waals surface area (Å²) in [5, 5.41) is 19.9. The molecule has 0 atom stereocenters. The van der Waals surface area contributed by atoms with Gasteiger partial charge in [0.2, 0.25) is 5.75 Å². The topological polar surface area (TPSA) is 103 Å². The molecule has 0 amide bonds. The number of pyridine rings is 1. The normalized spacial score (nSPS) is 10.2. The first-order valence-corrected chi connectivity index (χ1v) is 5.70. The van der Waals surface area contributed by atoms with Crippen molar-refractivity contribution in [2.24, 2.45) is 0 Å². The van der Waals surface area contributed by atoms with Crippen LogP contribution in [0.3, 0.4) is 0 Å². The van der Waals surface area contributed by atoms with Gasteiger partial charge in [0.05, 0.1) is 4.92 Å². The Kier molecular flexibility index (Phi) is 3.79. The number of benzene rings is 1. The number of rotatable bonds is 4. The number of carbonyl (C=O) groups is 1. The summed E-state index contributed by atoms with van der Waals surface area (Å²) in [4.78, 5) is 25.0. The molecule has 2 rings (SSSR count). The van der Waals surface area contributed by atoms with E-state index in [1.54, 1.807) is 6.92 Å². The number of nitro benzene ring substituents is 1. The predicted molar refractivity (Wildman–Crippen MR) is 69.1 cm³/mol. The van der Waals surface area contributed by atoms with Crippen LogP contribution in [0, 0.1) is 22.9 Å². The number of hydrogen-bond donors (Lipinski definition) is 1. The van der Waals surface area contributed by atoms with Gasteiger partial charge < -0.3 is 9.84 Å². The maximum atomic E-state index is 13.2. The van der Waals surface area contributed by atoms with Crippen molar-refractivity contribution < 1.29 is 24.0 Å². The van der Waals surface area contributed by atoms with E-state index in [1.807, 2.05) is 0 Å². The molecule has 0 aliphatic heterocycles. The summed E-state index contributed by atoms with van der Waals surface area (Å²) < 4.78 is 18.4. The van der Waals surface area contributed by atoms with Crippen LogP contribution in [-0.4, -0.2) is 21.0 Å². The first kappa shape index (κ1) is 14.4. The predicted octanol–water partition coefficient (Wildman–Crippen LogP) is 2.93. The van der Waals surface area contributed by atoms with Gasteiger partial charge in [0.25, 0.3) is 0 Å². The lowest BCUT2D eigenvalue weighted by Gasteiger charge is -2.09. The van der Waals surface area contributed by atoms with Crippen molar-refractivity contribution in [3.05, 3.63) is 57.7 Å². The lowest BCUT2D eigenvalue weighted by Crippen LogP contribution is -2.03. The highest BCUT2D eigenvalue weighted by molar-refractivity contribution is 5.90. The zero-order valence-corrected chi connectivity index (χ0v) is 10.7. The fourth-order valence-corrected chi connectivity index (χ4v) is 1.62. The Bertz CT molecular complexity index is 671. The Hall–Kier alpha value is -3.03. The SMILES string of the molecule is Cc1cc(Oc2cc(F)ccc2[N+](=O)[O-])c(C(=O)O)cn1. The van der Waals surface area contributed by atoms with Gasteiger partial charge in [0, 0.05) is 30.1 Å². The fourth-order valence-electron chi connectivity index (χ4n) is 1.62. The molecule has 1 heterocycles. The van der Waals surface area contributed by atoms with Crippen LogP contribution in [0.15, 0.2) is 30.5 Å². The summed E-state index contributed by atoms with van der Waals surface area (Å²) in [7, 11) is 0. The number of halogens is 1. The number of carboxylic acid groups (broad SMARTS) is 1. The Morgan fingerprint density at radius 3 is 2.71 bits per heavy atom. The van der Waals surface area contributed by atoms with Crippen molar-refractivity contribution in [3.8, 4) is 11.5 Å². The van der Waals surface area contributed by atoms with E-state index in [-0.39, 0.29) is 17.1 Å². The van der Waals surface area contributed by atoms with E-state index in [2.05, 4.69) is 4.98 Å². The third-order valence-corrected chi connectivity index (χ3v) is 2.57.